The molecule has 1 aromatic rings. The van der Waals surface area contributed by atoms with E-state index in [1.807, 2.05) is 19.1 Å². The van der Waals surface area contributed by atoms with Crippen LogP contribution in [0.3, 0.4) is 0 Å². The van der Waals surface area contributed by atoms with Crippen molar-refractivity contribution in [3.05, 3.63) is 41.4 Å². The molecule has 0 radical (unpaired) electrons. The van der Waals surface area contributed by atoms with Crippen LogP contribution in [-0.2, 0) is 14.3 Å². The molecule has 0 saturated carbocycles. The SMILES string of the molecule is COC(=O)C1C(C)=NC2=C(C(=O)CC(C)(C)C2)[C@H]1c1cccnc1. The third kappa shape index (κ3) is 2.79. The van der Waals surface area contributed by atoms with Gasteiger partial charge in [-0.3, -0.25) is 19.6 Å². The molecule has 1 aliphatic heterocycles. The quantitative estimate of drug-likeness (QED) is 0.783. The summed E-state index contributed by atoms with van der Waals surface area (Å²) in [7, 11) is 1.37. The van der Waals surface area contributed by atoms with E-state index in [9.17, 15) is 9.59 Å². The van der Waals surface area contributed by atoms with Crippen molar-refractivity contribution in [3.8, 4) is 0 Å². The number of ketones is 1. The first-order valence-corrected chi connectivity index (χ1v) is 8.13. The van der Waals surface area contributed by atoms with Gasteiger partial charge in [0.05, 0.1) is 7.11 Å². The van der Waals surface area contributed by atoms with Crippen LogP contribution in [0, 0.1) is 11.3 Å². The Balaban J connectivity index is 2.19. The van der Waals surface area contributed by atoms with Gasteiger partial charge in [-0.2, -0.15) is 0 Å². The largest absolute Gasteiger partial charge is 0.468 e. The molecule has 5 nitrogen and oxygen atoms in total. The molecule has 2 aliphatic rings. The molecule has 0 fully saturated rings. The topological polar surface area (TPSA) is 68.6 Å². The van der Waals surface area contributed by atoms with Crippen LogP contribution in [0.15, 0.2) is 40.8 Å². The Kier molecular flexibility index (Phi) is 4.11. The Morgan fingerprint density at radius 1 is 1.33 bits per heavy atom. The number of hydrogen-bond donors (Lipinski definition) is 0. The molecule has 2 atom stereocenters. The van der Waals surface area contributed by atoms with Crippen molar-refractivity contribution in [2.75, 3.05) is 7.11 Å². The van der Waals surface area contributed by atoms with Crippen LogP contribution in [-0.4, -0.2) is 29.6 Å². The number of allylic oxidation sites excluding steroid dienone is 2. The molecular weight excluding hydrogens is 304 g/mol. The highest BCUT2D eigenvalue weighted by molar-refractivity contribution is 6.09. The summed E-state index contributed by atoms with van der Waals surface area (Å²) in [6.45, 7) is 5.98. The van der Waals surface area contributed by atoms with Gasteiger partial charge in [-0.05, 0) is 30.4 Å². The van der Waals surface area contributed by atoms with Crippen LogP contribution in [0.1, 0.15) is 45.1 Å². The van der Waals surface area contributed by atoms with E-state index in [0.29, 0.717) is 17.7 Å². The van der Waals surface area contributed by atoms with Crippen LogP contribution in [0.25, 0.3) is 0 Å². The molecule has 1 aromatic heterocycles. The van der Waals surface area contributed by atoms with Gasteiger partial charge in [0.25, 0.3) is 0 Å². The Bertz CT molecular complexity index is 747. The first-order chi connectivity index (χ1) is 11.3. The summed E-state index contributed by atoms with van der Waals surface area (Å²) in [5.41, 5.74) is 2.89. The van der Waals surface area contributed by atoms with E-state index in [0.717, 1.165) is 17.7 Å². The van der Waals surface area contributed by atoms with Gasteiger partial charge < -0.3 is 4.74 Å². The van der Waals surface area contributed by atoms with E-state index < -0.39 is 5.92 Å². The number of carbonyl (C=O) groups is 2. The van der Waals surface area contributed by atoms with E-state index in [2.05, 4.69) is 23.8 Å². The Hall–Kier alpha value is -2.30. The lowest BCUT2D eigenvalue weighted by Gasteiger charge is -2.38. The van der Waals surface area contributed by atoms with Crippen LogP contribution < -0.4 is 0 Å². The van der Waals surface area contributed by atoms with E-state index in [4.69, 9.17) is 4.74 Å². The minimum Gasteiger partial charge on any atom is -0.468 e. The van der Waals surface area contributed by atoms with Crippen LogP contribution in [0.5, 0.6) is 0 Å². The van der Waals surface area contributed by atoms with E-state index in [1.54, 1.807) is 12.4 Å². The van der Waals surface area contributed by atoms with E-state index in [-0.39, 0.29) is 23.1 Å². The average molecular weight is 326 g/mol. The van der Waals surface area contributed by atoms with Crippen molar-refractivity contribution >= 4 is 17.5 Å². The minimum atomic E-state index is -0.580. The molecule has 0 N–H and O–H groups in total. The second kappa shape index (κ2) is 5.96. The summed E-state index contributed by atoms with van der Waals surface area (Å²) in [6.07, 6.45) is 4.60. The molecule has 3 rings (SSSR count). The number of aromatic nitrogens is 1. The fourth-order valence-corrected chi connectivity index (χ4v) is 3.80. The highest BCUT2D eigenvalue weighted by Gasteiger charge is 2.45. The number of aliphatic imine (C=N–C) groups is 1. The van der Waals surface area contributed by atoms with Crippen molar-refractivity contribution in [1.82, 2.24) is 4.98 Å². The number of pyridine rings is 1. The lowest BCUT2D eigenvalue weighted by atomic mass is 9.67. The molecule has 5 heteroatoms. The predicted octanol–water partition coefficient (Wildman–Crippen LogP) is 3.07. The van der Waals surface area contributed by atoms with Crippen molar-refractivity contribution < 1.29 is 14.3 Å². The molecule has 0 spiro atoms. The Morgan fingerprint density at radius 2 is 2.08 bits per heavy atom. The second-order valence-corrected chi connectivity index (χ2v) is 7.32. The van der Waals surface area contributed by atoms with Gasteiger partial charge in [0.15, 0.2) is 5.78 Å². The Morgan fingerprint density at radius 3 is 2.71 bits per heavy atom. The molecule has 0 bridgehead atoms. The second-order valence-electron chi connectivity index (χ2n) is 7.32. The van der Waals surface area contributed by atoms with Crippen LogP contribution >= 0.6 is 0 Å². The number of nitrogens with zero attached hydrogens (tertiary/aromatic N) is 2. The summed E-state index contributed by atoms with van der Waals surface area (Å²) in [6, 6.07) is 3.73. The lowest BCUT2D eigenvalue weighted by molar-refractivity contribution is -0.143. The number of Topliss-reactive ketones (excluding diaryl/α,β-unsaturated/α-hetero) is 1. The van der Waals surface area contributed by atoms with Crippen molar-refractivity contribution in [2.24, 2.45) is 16.3 Å². The van der Waals surface area contributed by atoms with Crippen molar-refractivity contribution in [3.63, 3.8) is 0 Å². The number of carbonyl (C=O) groups excluding carboxylic acids is 2. The fraction of sp³-hybridized carbons (Fsp3) is 0.474. The molecule has 1 aliphatic carbocycles. The monoisotopic (exact) mass is 326 g/mol. The highest BCUT2D eigenvalue weighted by atomic mass is 16.5. The third-order valence-corrected chi connectivity index (χ3v) is 4.80. The third-order valence-electron chi connectivity index (χ3n) is 4.80. The maximum atomic E-state index is 12.9. The smallest absolute Gasteiger partial charge is 0.315 e. The molecule has 0 amide bonds. The zero-order valence-corrected chi connectivity index (χ0v) is 14.5. The molecule has 0 saturated heterocycles. The van der Waals surface area contributed by atoms with Gasteiger partial charge in [0.2, 0.25) is 0 Å². The number of esters is 1. The highest BCUT2D eigenvalue weighted by Crippen LogP contribution is 2.47. The number of rotatable bonds is 2. The molecule has 2 heterocycles. The number of ether oxygens (including phenoxy) is 1. The zero-order valence-electron chi connectivity index (χ0n) is 14.5. The molecular formula is C19H22N2O3. The summed E-state index contributed by atoms with van der Waals surface area (Å²) in [4.78, 5) is 34.1. The maximum Gasteiger partial charge on any atom is 0.315 e. The number of methoxy groups -OCH3 is 1. The first kappa shape index (κ1) is 16.6. The maximum absolute atomic E-state index is 12.9. The van der Waals surface area contributed by atoms with Crippen molar-refractivity contribution in [2.45, 2.75) is 39.5 Å². The standard InChI is InChI=1S/C19H22N2O3/c1-11-15(18(23)24-4)16(12-6-5-7-20-10-12)17-13(21-11)8-19(2,3)9-14(17)22/h5-7,10,15-16H,8-9H2,1-4H3/t15?,16-/m0/s1. The van der Waals surface area contributed by atoms with Gasteiger partial charge in [-0.1, -0.05) is 19.9 Å². The van der Waals surface area contributed by atoms with Gasteiger partial charge in [0.1, 0.15) is 5.92 Å². The van der Waals surface area contributed by atoms with Crippen LogP contribution in [0.2, 0.25) is 0 Å². The fourth-order valence-electron chi connectivity index (χ4n) is 3.80. The van der Waals surface area contributed by atoms with E-state index in [1.165, 1.54) is 7.11 Å². The first-order valence-electron chi connectivity index (χ1n) is 8.13. The number of hydrogen-bond acceptors (Lipinski definition) is 5. The molecule has 1 unspecified atom stereocenters. The lowest BCUT2D eigenvalue weighted by Crippen LogP contribution is -2.39. The molecule has 0 aromatic carbocycles. The molecule has 126 valence electrons. The molecule has 24 heavy (non-hydrogen) atoms. The summed E-state index contributed by atoms with van der Waals surface area (Å²) < 4.78 is 4.99. The van der Waals surface area contributed by atoms with Crippen LogP contribution in [0.4, 0.5) is 0 Å². The van der Waals surface area contributed by atoms with Gasteiger partial charge >= 0.3 is 5.97 Å². The van der Waals surface area contributed by atoms with Gasteiger partial charge in [-0.15, -0.1) is 0 Å². The van der Waals surface area contributed by atoms with E-state index >= 15 is 0 Å². The predicted molar refractivity (Wildman–Crippen MR) is 90.6 cm³/mol. The Labute approximate surface area is 141 Å². The summed E-state index contributed by atoms with van der Waals surface area (Å²) in [5.74, 6) is -1.25. The van der Waals surface area contributed by atoms with Gasteiger partial charge in [0, 0.05) is 41.7 Å². The zero-order chi connectivity index (χ0) is 17.5. The van der Waals surface area contributed by atoms with Crippen molar-refractivity contribution in [1.29, 1.82) is 0 Å². The summed E-state index contributed by atoms with van der Waals surface area (Å²) >= 11 is 0. The van der Waals surface area contributed by atoms with Gasteiger partial charge in [-0.25, -0.2) is 0 Å². The summed E-state index contributed by atoms with van der Waals surface area (Å²) in [5, 5.41) is 0. The normalized spacial score (nSPS) is 25.8. The average Bonchev–Trinajstić information content (AvgIpc) is 2.52. The minimum absolute atomic E-state index is 0.0697.